The van der Waals surface area contributed by atoms with Crippen molar-refractivity contribution in [3.8, 4) is 17.6 Å². The lowest BCUT2D eigenvalue weighted by atomic mass is 9.91. The summed E-state index contributed by atoms with van der Waals surface area (Å²) < 4.78 is 36.4. The Morgan fingerprint density at radius 2 is 1.83 bits per heavy atom. The van der Waals surface area contributed by atoms with Gasteiger partial charge in [0.2, 0.25) is 10.0 Å². The molecule has 8 heteroatoms. The highest BCUT2D eigenvalue weighted by molar-refractivity contribution is 7.89. The standard InChI is InChI=1S/C22H27N3O4S/c1-4-25-21-14-18(28-3)10-11-19(21)20(15-23)22(25)16-6-8-17(9-7-16)29-13-12-24-30(26,27)5-2/h6-11,14,20,22,24H,4-5,12-13H2,1-3H3. The molecule has 2 atom stereocenters. The van der Waals surface area contributed by atoms with Gasteiger partial charge in [-0.3, -0.25) is 0 Å². The zero-order valence-electron chi connectivity index (χ0n) is 17.5. The van der Waals surface area contributed by atoms with Crippen LogP contribution in [0.15, 0.2) is 42.5 Å². The van der Waals surface area contributed by atoms with Crippen LogP contribution in [0.2, 0.25) is 0 Å². The van der Waals surface area contributed by atoms with Gasteiger partial charge in [0.05, 0.1) is 30.9 Å². The Hall–Kier alpha value is -2.76. The van der Waals surface area contributed by atoms with Crippen molar-refractivity contribution in [2.75, 3.05) is 37.5 Å². The van der Waals surface area contributed by atoms with Crippen molar-refractivity contribution in [2.45, 2.75) is 25.8 Å². The molecule has 1 heterocycles. The zero-order chi connectivity index (χ0) is 21.7. The third kappa shape index (κ3) is 4.53. The molecule has 0 saturated carbocycles. The molecule has 2 aromatic carbocycles. The maximum Gasteiger partial charge on any atom is 0.211 e. The van der Waals surface area contributed by atoms with Gasteiger partial charge in [0.1, 0.15) is 18.1 Å². The lowest BCUT2D eigenvalue weighted by Crippen LogP contribution is -2.29. The van der Waals surface area contributed by atoms with Crippen LogP contribution in [0.25, 0.3) is 0 Å². The maximum absolute atomic E-state index is 11.4. The fraction of sp³-hybridized carbons (Fsp3) is 0.409. The molecule has 30 heavy (non-hydrogen) atoms. The van der Waals surface area contributed by atoms with Crippen molar-refractivity contribution in [2.24, 2.45) is 0 Å². The molecule has 0 aromatic heterocycles. The van der Waals surface area contributed by atoms with E-state index in [4.69, 9.17) is 9.47 Å². The number of likely N-dealkylation sites (N-methyl/N-ethyl adjacent to an activating group) is 1. The van der Waals surface area contributed by atoms with Crippen molar-refractivity contribution < 1.29 is 17.9 Å². The van der Waals surface area contributed by atoms with E-state index in [2.05, 4.69) is 22.6 Å². The van der Waals surface area contributed by atoms with Crippen LogP contribution in [0, 0.1) is 11.3 Å². The molecule has 1 aliphatic rings. The normalized spacial score (nSPS) is 18.0. The quantitative estimate of drug-likeness (QED) is 0.616. The number of ether oxygens (including phenoxy) is 2. The topological polar surface area (TPSA) is 91.7 Å². The third-order valence-corrected chi connectivity index (χ3v) is 6.71. The molecular weight excluding hydrogens is 402 g/mol. The molecule has 2 aromatic rings. The van der Waals surface area contributed by atoms with Gasteiger partial charge in [-0.2, -0.15) is 5.26 Å². The second kappa shape index (κ2) is 9.37. The van der Waals surface area contributed by atoms with Crippen LogP contribution in [0.4, 0.5) is 5.69 Å². The number of fused-ring (bicyclic) bond motifs is 1. The van der Waals surface area contributed by atoms with Crippen LogP contribution < -0.4 is 19.1 Å². The van der Waals surface area contributed by atoms with Gasteiger partial charge >= 0.3 is 0 Å². The number of nitriles is 1. The summed E-state index contributed by atoms with van der Waals surface area (Å²) >= 11 is 0. The zero-order valence-corrected chi connectivity index (χ0v) is 18.3. The second-order valence-electron chi connectivity index (χ2n) is 6.98. The molecule has 7 nitrogen and oxygen atoms in total. The molecular formula is C22H27N3O4S. The number of benzene rings is 2. The minimum Gasteiger partial charge on any atom is -0.497 e. The molecule has 1 N–H and O–H groups in total. The minimum absolute atomic E-state index is 0.0470. The Labute approximate surface area is 178 Å². The average molecular weight is 430 g/mol. The smallest absolute Gasteiger partial charge is 0.211 e. The number of anilines is 1. The fourth-order valence-corrected chi connectivity index (χ4v) is 4.37. The van der Waals surface area contributed by atoms with Gasteiger partial charge in [0, 0.05) is 24.8 Å². The van der Waals surface area contributed by atoms with Crippen LogP contribution in [0.1, 0.15) is 36.9 Å². The lowest BCUT2D eigenvalue weighted by molar-refractivity contribution is 0.322. The molecule has 0 radical (unpaired) electrons. The second-order valence-corrected chi connectivity index (χ2v) is 9.07. The van der Waals surface area contributed by atoms with E-state index in [1.54, 1.807) is 14.0 Å². The van der Waals surface area contributed by atoms with Gasteiger partial charge in [-0.15, -0.1) is 0 Å². The van der Waals surface area contributed by atoms with E-state index in [0.717, 1.165) is 29.1 Å². The summed E-state index contributed by atoms with van der Waals surface area (Å²) in [6.07, 6.45) is 0. The van der Waals surface area contributed by atoms with Crippen LogP contribution in [-0.4, -0.2) is 41.0 Å². The molecule has 0 saturated heterocycles. The molecule has 1 aliphatic heterocycles. The van der Waals surface area contributed by atoms with Gasteiger partial charge < -0.3 is 14.4 Å². The molecule has 0 fully saturated rings. The summed E-state index contributed by atoms with van der Waals surface area (Å²) in [6.45, 7) is 4.89. The first kappa shape index (κ1) is 21.9. The van der Waals surface area contributed by atoms with E-state index in [-0.39, 0.29) is 30.9 Å². The van der Waals surface area contributed by atoms with Crippen LogP contribution >= 0.6 is 0 Å². The lowest BCUT2D eigenvalue weighted by Gasteiger charge is -2.28. The molecule has 0 aliphatic carbocycles. The Kier molecular flexibility index (Phi) is 6.85. The van der Waals surface area contributed by atoms with E-state index in [0.29, 0.717) is 5.75 Å². The van der Waals surface area contributed by atoms with Crippen molar-refractivity contribution in [3.63, 3.8) is 0 Å². The van der Waals surface area contributed by atoms with E-state index >= 15 is 0 Å². The van der Waals surface area contributed by atoms with Crippen molar-refractivity contribution in [3.05, 3.63) is 53.6 Å². The van der Waals surface area contributed by atoms with E-state index in [9.17, 15) is 13.7 Å². The molecule has 2 unspecified atom stereocenters. The fourth-order valence-electron chi connectivity index (χ4n) is 3.77. The van der Waals surface area contributed by atoms with Crippen molar-refractivity contribution in [1.82, 2.24) is 4.72 Å². The van der Waals surface area contributed by atoms with Crippen molar-refractivity contribution >= 4 is 15.7 Å². The number of hydrogen-bond donors (Lipinski definition) is 1. The van der Waals surface area contributed by atoms with Gasteiger partial charge in [0.25, 0.3) is 0 Å². The summed E-state index contributed by atoms with van der Waals surface area (Å²) in [7, 11) is -1.58. The van der Waals surface area contributed by atoms with Crippen LogP contribution in [0.5, 0.6) is 11.5 Å². The molecule has 160 valence electrons. The summed E-state index contributed by atoms with van der Waals surface area (Å²) in [4.78, 5) is 2.22. The Morgan fingerprint density at radius 3 is 2.43 bits per heavy atom. The predicted octanol–water partition coefficient (Wildman–Crippen LogP) is 3.20. The first-order valence-corrected chi connectivity index (χ1v) is 11.6. The first-order chi connectivity index (χ1) is 14.4. The molecule has 0 bridgehead atoms. The largest absolute Gasteiger partial charge is 0.497 e. The van der Waals surface area contributed by atoms with Gasteiger partial charge in [-0.25, -0.2) is 13.1 Å². The number of nitrogens with zero attached hydrogens (tertiary/aromatic N) is 2. The van der Waals surface area contributed by atoms with Gasteiger partial charge in [-0.1, -0.05) is 18.2 Å². The third-order valence-electron chi connectivity index (χ3n) is 5.31. The SMILES string of the molecule is CCN1c2cc(OC)ccc2C(C#N)C1c1ccc(OCCNS(=O)(=O)CC)cc1. The highest BCUT2D eigenvalue weighted by atomic mass is 32.2. The average Bonchev–Trinajstić information content (AvgIpc) is 3.09. The van der Waals surface area contributed by atoms with Gasteiger partial charge in [-0.05, 0) is 43.2 Å². The van der Waals surface area contributed by atoms with E-state index in [1.165, 1.54) is 0 Å². The molecule has 0 amide bonds. The number of nitrogens with one attached hydrogen (secondary N) is 1. The molecule has 0 spiro atoms. The summed E-state index contributed by atoms with van der Waals surface area (Å²) in [5, 5.41) is 9.88. The molecule has 3 rings (SSSR count). The number of sulfonamides is 1. The summed E-state index contributed by atoms with van der Waals surface area (Å²) in [6, 6.07) is 15.9. The van der Waals surface area contributed by atoms with Crippen LogP contribution in [0.3, 0.4) is 0 Å². The van der Waals surface area contributed by atoms with E-state index in [1.807, 2.05) is 42.5 Å². The van der Waals surface area contributed by atoms with Gasteiger partial charge in [0.15, 0.2) is 0 Å². The number of rotatable bonds is 9. The minimum atomic E-state index is -3.22. The Balaban J connectivity index is 1.74. The number of methoxy groups -OCH3 is 1. The number of hydrogen-bond acceptors (Lipinski definition) is 6. The van der Waals surface area contributed by atoms with E-state index < -0.39 is 10.0 Å². The summed E-state index contributed by atoms with van der Waals surface area (Å²) in [5.41, 5.74) is 3.06. The summed E-state index contributed by atoms with van der Waals surface area (Å²) in [5.74, 6) is 1.20. The predicted molar refractivity (Wildman–Crippen MR) is 117 cm³/mol. The monoisotopic (exact) mass is 429 g/mol. The Morgan fingerprint density at radius 1 is 1.13 bits per heavy atom. The van der Waals surface area contributed by atoms with Crippen molar-refractivity contribution in [1.29, 1.82) is 5.26 Å². The maximum atomic E-state index is 11.4. The van der Waals surface area contributed by atoms with Crippen LogP contribution in [-0.2, 0) is 10.0 Å². The first-order valence-electron chi connectivity index (χ1n) is 9.98. The highest BCUT2D eigenvalue weighted by Gasteiger charge is 2.39. The highest BCUT2D eigenvalue weighted by Crippen LogP contribution is 2.49. The Bertz CT molecular complexity index is 1020.